The van der Waals surface area contributed by atoms with Gasteiger partial charge in [0.25, 0.3) is 0 Å². The molecule has 2 aromatic carbocycles. The van der Waals surface area contributed by atoms with Gasteiger partial charge in [-0.25, -0.2) is 0 Å². The summed E-state index contributed by atoms with van der Waals surface area (Å²) in [6, 6.07) is 16.5. The quantitative estimate of drug-likeness (QED) is 0.905. The molecule has 0 amide bonds. The second kappa shape index (κ2) is 5.43. The summed E-state index contributed by atoms with van der Waals surface area (Å²) >= 11 is 0. The zero-order valence-electron chi connectivity index (χ0n) is 10.9. The van der Waals surface area contributed by atoms with Crippen LogP contribution in [0.15, 0.2) is 48.5 Å². The third kappa shape index (κ3) is 2.95. The number of hydrogen-bond donors (Lipinski definition) is 1. The van der Waals surface area contributed by atoms with Crippen molar-refractivity contribution in [3.8, 4) is 0 Å². The Hall–Kier alpha value is -1.84. The highest BCUT2D eigenvalue weighted by atomic mass is 16.7. The average molecular weight is 255 g/mol. The van der Waals surface area contributed by atoms with Crippen molar-refractivity contribution in [3.05, 3.63) is 59.7 Å². The van der Waals surface area contributed by atoms with Crippen molar-refractivity contribution < 1.29 is 9.47 Å². The van der Waals surface area contributed by atoms with E-state index in [9.17, 15) is 0 Å². The van der Waals surface area contributed by atoms with Crippen molar-refractivity contribution in [2.24, 2.45) is 0 Å². The van der Waals surface area contributed by atoms with Crippen LogP contribution in [0.2, 0.25) is 0 Å². The molecule has 0 saturated carbocycles. The number of rotatable bonds is 3. The average Bonchev–Trinajstić information content (AvgIpc) is 2.94. The molecular weight excluding hydrogens is 238 g/mol. The molecule has 0 atom stereocenters. The molecule has 0 radical (unpaired) electrons. The summed E-state index contributed by atoms with van der Waals surface area (Å²) in [7, 11) is 0. The van der Waals surface area contributed by atoms with Crippen LogP contribution in [0, 0.1) is 6.92 Å². The van der Waals surface area contributed by atoms with Crippen LogP contribution in [0.1, 0.15) is 17.4 Å². The smallest absolute Gasteiger partial charge is 0.184 e. The molecule has 0 aromatic heterocycles. The van der Waals surface area contributed by atoms with E-state index in [0.29, 0.717) is 13.2 Å². The molecule has 0 aliphatic carbocycles. The van der Waals surface area contributed by atoms with E-state index in [0.717, 1.165) is 16.9 Å². The summed E-state index contributed by atoms with van der Waals surface area (Å²) in [5.41, 5.74) is 4.47. The number of anilines is 2. The summed E-state index contributed by atoms with van der Waals surface area (Å²) in [5.74, 6) is 0. The van der Waals surface area contributed by atoms with Gasteiger partial charge in [0, 0.05) is 16.9 Å². The summed E-state index contributed by atoms with van der Waals surface area (Å²) in [6.45, 7) is 3.44. The molecule has 3 heteroatoms. The van der Waals surface area contributed by atoms with Gasteiger partial charge in [-0.1, -0.05) is 24.3 Å². The van der Waals surface area contributed by atoms with Gasteiger partial charge in [-0.2, -0.15) is 0 Å². The normalized spacial score (nSPS) is 15.6. The van der Waals surface area contributed by atoms with Gasteiger partial charge in [0.2, 0.25) is 0 Å². The Kier molecular flexibility index (Phi) is 3.49. The summed E-state index contributed by atoms with van der Waals surface area (Å²) < 4.78 is 10.9. The fraction of sp³-hybridized carbons (Fsp3) is 0.250. The van der Waals surface area contributed by atoms with Crippen molar-refractivity contribution in [3.63, 3.8) is 0 Å². The van der Waals surface area contributed by atoms with E-state index in [1.54, 1.807) is 0 Å². The Morgan fingerprint density at radius 1 is 0.947 bits per heavy atom. The predicted molar refractivity (Wildman–Crippen MR) is 75.5 cm³/mol. The van der Waals surface area contributed by atoms with E-state index in [-0.39, 0.29) is 6.29 Å². The van der Waals surface area contributed by atoms with Gasteiger partial charge in [-0.05, 0) is 36.8 Å². The SMILES string of the molecule is Cc1cccc(Nc2ccc(C3OCCO3)cc2)c1. The number of ether oxygens (including phenoxy) is 2. The molecule has 3 rings (SSSR count). The lowest BCUT2D eigenvalue weighted by Gasteiger charge is -2.11. The van der Waals surface area contributed by atoms with Crippen molar-refractivity contribution in [2.75, 3.05) is 18.5 Å². The number of hydrogen-bond acceptors (Lipinski definition) is 3. The lowest BCUT2D eigenvalue weighted by Crippen LogP contribution is -1.98. The van der Waals surface area contributed by atoms with Crippen LogP contribution in [-0.2, 0) is 9.47 Å². The zero-order valence-corrected chi connectivity index (χ0v) is 10.9. The van der Waals surface area contributed by atoms with E-state index in [4.69, 9.17) is 9.47 Å². The number of nitrogens with one attached hydrogen (secondary N) is 1. The van der Waals surface area contributed by atoms with Gasteiger partial charge in [-0.3, -0.25) is 0 Å². The second-order valence-electron chi connectivity index (χ2n) is 4.69. The molecular formula is C16H17NO2. The van der Waals surface area contributed by atoms with Crippen LogP contribution in [0.4, 0.5) is 11.4 Å². The molecule has 3 nitrogen and oxygen atoms in total. The molecule has 0 bridgehead atoms. The monoisotopic (exact) mass is 255 g/mol. The minimum atomic E-state index is -0.201. The predicted octanol–water partition coefficient (Wildman–Crippen LogP) is 3.78. The van der Waals surface area contributed by atoms with Crippen molar-refractivity contribution in [2.45, 2.75) is 13.2 Å². The first-order chi connectivity index (χ1) is 9.31. The Morgan fingerprint density at radius 3 is 2.37 bits per heavy atom. The van der Waals surface area contributed by atoms with E-state index in [1.807, 2.05) is 30.3 Å². The molecule has 2 aromatic rings. The first-order valence-corrected chi connectivity index (χ1v) is 6.48. The third-order valence-electron chi connectivity index (χ3n) is 3.11. The van der Waals surface area contributed by atoms with Crippen LogP contribution < -0.4 is 5.32 Å². The summed E-state index contributed by atoms with van der Waals surface area (Å²) in [6.07, 6.45) is -0.201. The Morgan fingerprint density at radius 2 is 1.68 bits per heavy atom. The Balaban J connectivity index is 1.72. The molecule has 0 unspecified atom stereocenters. The minimum Gasteiger partial charge on any atom is -0.356 e. The lowest BCUT2D eigenvalue weighted by atomic mass is 10.2. The molecule has 98 valence electrons. The summed E-state index contributed by atoms with van der Waals surface area (Å²) in [4.78, 5) is 0. The van der Waals surface area contributed by atoms with Crippen LogP contribution in [0.5, 0.6) is 0 Å². The Labute approximate surface area is 113 Å². The minimum absolute atomic E-state index is 0.201. The number of benzene rings is 2. The van der Waals surface area contributed by atoms with Crippen molar-refractivity contribution in [1.82, 2.24) is 0 Å². The number of aryl methyl sites for hydroxylation is 1. The maximum atomic E-state index is 5.47. The molecule has 1 saturated heterocycles. The molecule has 1 aliphatic rings. The standard InChI is InChI=1S/C16H17NO2/c1-12-3-2-4-15(11-12)17-14-7-5-13(6-8-14)16-18-9-10-19-16/h2-8,11,16-17H,9-10H2,1H3. The van der Waals surface area contributed by atoms with Gasteiger partial charge in [0.15, 0.2) is 6.29 Å². The van der Waals surface area contributed by atoms with Crippen molar-refractivity contribution in [1.29, 1.82) is 0 Å². The van der Waals surface area contributed by atoms with Gasteiger partial charge in [0.1, 0.15) is 0 Å². The molecule has 1 N–H and O–H groups in total. The highest BCUT2D eigenvalue weighted by Crippen LogP contribution is 2.25. The highest BCUT2D eigenvalue weighted by Gasteiger charge is 2.17. The first kappa shape index (κ1) is 12.2. The van der Waals surface area contributed by atoms with Crippen LogP contribution in [0.3, 0.4) is 0 Å². The van der Waals surface area contributed by atoms with Gasteiger partial charge in [0.05, 0.1) is 13.2 Å². The molecule has 1 fully saturated rings. The largest absolute Gasteiger partial charge is 0.356 e. The van der Waals surface area contributed by atoms with E-state index < -0.39 is 0 Å². The highest BCUT2D eigenvalue weighted by molar-refractivity contribution is 5.60. The van der Waals surface area contributed by atoms with Crippen LogP contribution >= 0.6 is 0 Å². The third-order valence-corrected chi connectivity index (χ3v) is 3.11. The fourth-order valence-corrected chi connectivity index (χ4v) is 2.16. The van der Waals surface area contributed by atoms with Crippen LogP contribution in [-0.4, -0.2) is 13.2 Å². The molecule has 1 heterocycles. The van der Waals surface area contributed by atoms with Gasteiger partial charge < -0.3 is 14.8 Å². The summed E-state index contributed by atoms with van der Waals surface area (Å²) in [5, 5.41) is 3.38. The van der Waals surface area contributed by atoms with E-state index >= 15 is 0 Å². The molecule has 19 heavy (non-hydrogen) atoms. The van der Waals surface area contributed by atoms with Crippen molar-refractivity contribution >= 4 is 11.4 Å². The maximum absolute atomic E-state index is 5.47. The lowest BCUT2D eigenvalue weighted by molar-refractivity contribution is -0.0441. The van der Waals surface area contributed by atoms with E-state index in [1.165, 1.54) is 5.56 Å². The van der Waals surface area contributed by atoms with Gasteiger partial charge >= 0.3 is 0 Å². The van der Waals surface area contributed by atoms with E-state index in [2.05, 4.69) is 30.4 Å². The molecule has 0 spiro atoms. The molecule has 1 aliphatic heterocycles. The van der Waals surface area contributed by atoms with Gasteiger partial charge in [-0.15, -0.1) is 0 Å². The second-order valence-corrected chi connectivity index (χ2v) is 4.69. The zero-order chi connectivity index (χ0) is 13.1. The van der Waals surface area contributed by atoms with Crippen LogP contribution in [0.25, 0.3) is 0 Å². The Bertz CT molecular complexity index is 545. The maximum Gasteiger partial charge on any atom is 0.184 e. The fourth-order valence-electron chi connectivity index (χ4n) is 2.16. The topological polar surface area (TPSA) is 30.5 Å². The first-order valence-electron chi connectivity index (χ1n) is 6.48.